The number of hydrogen-bond acceptors (Lipinski definition) is 11. The van der Waals surface area contributed by atoms with Gasteiger partial charge in [-0.05, 0) is 71.9 Å². The van der Waals surface area contributed by atoms with Gasteiger partial charge in [-0.1, -0.05) is 36.5 Å². The Labute approximate surface area is 318 Å². The zero-order valence-corrected chi connectivity index (χ0v) is 32.1. The Morgan fingerprint density at radius 2 is 1.98 bits per heavy atom. The van der Waals surface area contributed by atoms with Crippen LogP contribution in [0.4, 0.5) is 4.79 Å². The SMILES string of the molecule is C=CCCCCN(NC(=O)OC(C)(C)C)C(O)N1C[C@H](Oc2cc(C3C=CC=CC3)nc3cc(OC)ccc23)C[C@H]1C(=O)N[C@]1(C(=O)OCC)CC1C=C. The van der Waals surface area contributed by atoms with Gasteiger partial charge in [0.1, 0.15) is 28.7 Å². The summed E-state index contributed by atoms with van der Waals surface area (Å²) in [6, 6.07) is 6.57. The van der Waals surface area contributed by atoms with Gasteiger partial charge in [-0.3, -0.25) is 15.2 Å². The summed E-state index contributed by atoms with van der Waals surface area (Å²) < 4.78 is 23.1. The van der Waals surface area contributed by atoms with Gasteiger partial charge in [-0.15, -0.1) is 13.2 Å². The van der Waals surface area contributed by atoms with E-state index in [2.05, 4.69) is 36.1 Å². The first-order valence-electron chi connectivity index (χ1n) is 18.7. The number of likely N-dealkylation sites (tertiary alicyclic amines) is 1. The van der Waals surface area contributed by atoms with Gasteiger partial charge >= 0.3 is 12.1 Å². The average Bonchev–Trinajstić information content (AvgIpc) is 3.70. The second kappa shape index (κ2) is 17.6. The molecule has 6 atom stereocenters. The number of unbranched alkanes of at least 4 members (excludes halogenated alkanes) is 2. The average molecular weight is 746 g/mol. The lowest BCUT2D eigenvalue weighted by molar-refractivity contribution is -0.157. The maximum Gasteiger partial charge on any atom is 0.422 e. The molecule has 2 aliphatic carbocycles. The molecule has 13 heteroatoms. The van der Waals surface area contributed by atoms with Gasteiger partial charge in [0, 0.05) is 48.9 Å². The van der Waals surface area contributed by atoms with Crippen molar-refractivity contribution in [1.82, 2.24) is 25.6 Å². The molecular weight excluding hydrogens is 690 g/mol. The van der Waals surface area contributed by atoms with E-state index < -0.39 is 47.6 Å². The van der Waals surface area contributed by atoms with E-state index in [1.807, 2.05) is 42.5 Å². The van der Waals surface area contributed by atoms with Crippen molar-refractivity contribution < 1.29 is 38.4 Å². The van der Waals surface area contributed by atoms with E-state index in [0.717, 1.165) is 30.3 Å². The molecule has 5 rings (SSSR count). The number of aromatic nitrogens is 1. The first kappa shape index (κ1) is 40.5. The summed E-state index contributed by atoms with van der Waals surface area (Å²) in [5.74, 6) is -0.0449. The van der Waals surface area contributed by atoms with Gasteiger partial charge in [0.2, 0.25) is 5.91 Å². The van der Waals surface area contributed by atoms with E-state index in [1.54, 1.807) is 45.8 Å². The number of aliphatic hydroxyl groups excluding tert-OH is 1. The second-order valence-corrected chi connectivity index (χ2v) is 14.9. The van der Waals surface area contributed by atoms with Crippen LogP contribution in [-0.2, 0) is 19.1 Å². The van der Waals surface area contributed by atoms with Crippen LogP contribution in [0.15, 0.2) is 73.9 Å². The molecule has 54 heavy (non-hydrogen) atoms. The lowest BCUT2D eigenvalue weighted by atomic mass is 9.96. The molecule has 0 spiro atoms. The number of aliphatic hydroxyl groups is 1. The third-order valence-corrected chi connectivity index (χ3v) is 9.81. The largest absolute Gasteiger partial charge is 0.497 e. The normalized spacial score (nSPS) is 24.1. The molecule has 2 heterocycles. The van der Waals surface area contributed by atoms with Gasteiger partial charge < -0.3 is 29.4 Å². The van der Waals surface area contributed by atoms with Crippen LogP contribution >= 0.6 is 0 Å². The molecule has 2 amide bonds. The number of fused-ring (bicyclic) bond motifs is 1. The number of rotatable bonds is 17. The fourth-order valence-electron chi connectivity index (χ4n) is 6.97. The van der Waals surface area contributed by atoms with Crippen molar-refractivity contribution in [2.75, 3.05) is 26.8 Å². The first-order chi connectivity index (χ1) is 25.8. The zero-order chi connectivity index (χ0) is 39.0. The van der Waals surface area contributed by atoms with E-state index in [-0.39, 0.29) is 38.0 Å². The smallest absolute Gasteiger partial charge is 0.422 e. The van der Waals surface area contributed by atoms with Gasteiger partial charge in [0.05, 0.1) is 31.0 Å². The van der Waals surface area contributed by atoms with E-state index in [9.17, 15) is 19.5 Å². The minimum Gasteiger partial charge on any atom is -0.497 e. The summed E-state index contributed by atoms with van der Waals surface area (Å²) in [5.41, 5.74) is 2.19. The number of benzene rings is 1. The molecule has 3 N–H and O–H groups in total. The summed E-state index contributed by atoms with van der Waals surface area (Å²) in [7, 11) is 1.60. The molecule has 1 aromatic carbocycles. The van der Waals surface area contributed by atoms with Gasteiger partial charge in [-0.2, -0.15) is 5.01 Å². The Bertz CT molecular complexity index is 1750. The molecule has 0 radical (unpaired) electrons. The van der Waals surface area contributed by atoms with Crippen molar-refractivity contribution in [3.63, 3.8) is 0 Å². The van der Waals surface area contributed by atoms with Crippen LogP contribution in [0, 0.1) is 5.92 Å². The van der Waals surface area contributed by atoms with E-state index in [0.29, 0.717) is 29.9 Å². The third-order valence-electron chi connectivity index (χ3n) is 9.81. The first-order valence-corrected chi connectivity index (χ1v) is 18.7. The number of nitrogens with one attached hydrogen (secondary N) is 2. The van der Waals surface area contributed by atoms with E-state index in [4.69, 9.17) is 23.9 Å². The summed E-state index contributed by atoms with van der Waals surface area (Å²) in [4.78, 5) is 47.0. The molecule has 3 aliphatic rings. The number of hydrazine groups is 1. The monoisotopic (exact) mass is 745 g/mol. The molecule has 292 valence electrons. The molecule has 1 saturated heterocycles. The summed E-state index contributed by atoms with van der Waals surface area (Å²) in [6.07, 6.45) is 12.3. The summed E-state index contributed by atoms with van der Waals surface area (Å²) in [5, 5.41) is 17.1. The van der Waals surface area contributed by atoms with Crippen LogP contribution < -0.4 is 20.2 Å². The highest BCUT2D eigenvalue weighted by Crippen LogP contribution is 2.46. The number of carbonyl (C=O) groups is 3. The lowest BCUT2D eigenvalue weighted by Crippen LogP contribution is -2.61. The molecule has 13 nitrogen and oxygen atoms in total. The fourth-order valence-corrected chi connectivity index (χ4v) is 6.97. The number of carbonyl (C=O) groups excluding carboxylic acids is 3. The molecule has 0 bridgehead atoms. The molecule has 1 aromatic heterocycles. The highest BCUT2D eigenvalue weighted by molar-refractivity contribution is 5.94. The van der Waals surface area contributed by atoms with Crippen LogP contribution in [0.3, 0.4) is 0 Å². The highest BCUT2D eigenvalue weighted by Gasteiger charge is 2.62. The molecule has 1 saturated carbocycles. The number of pyridine rings is 1. The van der Waals surface area contributed by atoms with Gasteiger partial charge in [0.15, 0.2) is 6.35 Å². The van der Waals surface area contributed by atoms with Crippen LogP contribution in [0.1, 0.15) is 77.8 Å². The topological polar surface area (TPSA) is 152 Å². The number of amides is 2. The van der Waals surface area contributed by atoms with Crippen LogP contribution in [0.5, 0.6) is 11.5 Å². The van der Waals surface area contributed by atoms with E-state index >= 15 is 0 Å². The Hall–Kier alpha value is -4.72. The fraction of sp³-hybridized carbons (Fsp3) is 0.512. The molecule has 1 aliphatic heterocycles. The Morgan fingerprint density at radius 1 is 1.19 bits per heavy atom. The van der Waals surface area contributed by atoms with Crippen LogP contribution in [-0.4, -0.2) is 94.4 Å². The standard InChI is InChI=1S/C41H55N5O8/c1-8-11-12-16-21-46(44-38(49)54-40(4,5)6)39(50)45-26-30(23-34(45)36(47)43-41(25-28(41)9-2)37(48)52-10-3)53-35-24-32(27-17-14-13-15-18-27)42-33-22-29(51-7)19-20-31(33)35/h8-9,13-15,17,19-20,22,24,27-28,30,34,39,50H,1-2,10-12,16,18,21,23,25-26H2,3-7H3,(H,43,47)(H,44,49)/t27?,28?,30-,34+,39?,41-/m1/s1. The number of allylic oxidation sites excluding steroid dienone is 5. The van der Waals surface area contributed by atoms with Crippen molar-refractivity contribution >= 4 is 28.9 Å². The maximum absolute atomic E-state index is 14.3. The Kier molecular flexibility index (Phi) is 13.2. The number of ether oxygens (including phenoxy) is 4. The lowest BCUT2D eigenvalue weighted by Gasteiger charge is -2.37. The third kappa shape index (κ3) is 9.68. The predicted octanol–water partition coefficient (Wildman–Crippen LogP) is 5.66. The van der Waals surface area contributed by atoms with Gasteiger partial charge in [-0.25, -0.2) is 14.5 Å². The summed E-state index contributed by atoms with van der Waals surface area (Å²) in [6.45, 7) is 15.1. The molecule has 2 aromatic rings. The minimum atomic E-state index is -1.47. The maximum atomic E-state index is 14.3. The van der Waals surface area contributed by atoms with Crippen molar-refractivity contribution in [2.45, 2.75) is 102 Å². The predicted molar refractivity (Wildman–Crippen MR) is 205 cm³/mol. The highest BCUT2D eigenvalue weighted by atomic mass is 16.6. The summed E-state index contributed by atoms with van der Waals surface area (Å²) >= 11 is 0. The van der Waals surface area contributed by atoms with Crippen molar-refractivity contribution in [1.29, 1.82) is 0 Å². The zero-order valence-electron chi connectivity index (χ0n) is 32.1. The number of methoxy groups -OCH3 is 1. The Morgan fingerprint density at radius 3 is 2.63 bits per heavy atom. The molecular formula is C41H55N5O8. The second-order valence-electron chi connectivity index (χ2n) is 14.9. The van der Waals surface area contributed by atoms with Crippen molar-refractivity contribution in [3.05, 3.63) is 79.6 Å². The van der Waals surface area contributed by atoms with Crippen LogP contribution in [0.25, 0.3) is 10.9 Å². The van der Waals surface area contributed by atoms with Crippen molar-refractivity contribution in [2.24, 2.45) is 5.92 Å². The number of hydrogen-bond donors (Lipinski definition) is 3. The number of nitrogens with zero attached hydrogens (tertiary/aromatic N) is 3. The van der Waals surface area contributed by atoms with E-state index in [1.165, 1.54) is 5.01 Å². The van der Waals surface area contributed by atoms with Crippen molar-refractivity contribution in [3.8, 4) is 11.5 Å². The Balaban J connectivity index is 1.48. The minimum absolute atomic E-state index is 0.0392. The quantitative estimate of drug-likeness (QED) is 0.0605. The number of esters is 1. The molecule has 3 unspecified atom stereocenters. The molecule has 2 fully saturated rings. The van der Waals surface area contributed by atoms with Gasteiger partial charge in [0.25, 0.3) is 0 Å². The van der Waals surface area contributed by atoms with Crippen LogP contribution in [0.2, 0.25) is 0 Å².